The molecule has 0 saturated carbocycles. The summed E-state index contributed by atoms with van der Waals surface area (Å²) in [5, 5.41) is 17.5. The molecule has 0 heterocycles. The molecule has 0 aromatic heterocycles. The molecule has 0 aliphatic heterocycles. The lowest BCUT2D eigenvalue weighted by Gasteiger charge is -2.13. The van der Waals surface area contributed by atoms with Crippen molar-refractivity contribution >= 4 is 17.5 Å². The number of aliphatic hydroxyl groups excluding tert-OH is 1. The van der Waals surface area contributed by atoms with Crippen molar-refractivity contribution in [2.24, 2.45) is 0 Å². The fraction of sp³-hybridized carbons (Fsp3) is 0.300. The lowest BCUT2D eigenvalue weighted by molar-refractivity contribution is 0.190. The van der Waals surface area contributed by atoms with Crippen LogP contribution in [-0.4, -0.2) is 17.6 Å². The second-order valence-corrected chi connectivity index (χ2v) is 3.13. The quantitative estimate of drug-likeness (QED) is 0.598. The highest BCUT2D eigenvalue weighted by molar-refractivity contribution is 6.31. The Morgan fingerprint density at radius 2 is 2.21 bits per heavy atom. The van der Waals surface area contributed by atoms with E-state index in [-0.39, 0.29) is 5.90 Å². The molecule has 14 heavy (non-hydrogen) atoms. The maximum Gasteiger partial charge on any atom is 0.215 e. The molecule has 1 aromatic carbocycles. The fourth-order valence-electron chi connectivity index (χ4n) is 1.07. The summed E-state index contributed by atoms with van der Waals surface area (Å²) >= 11 is 5.85. The van der Waals surface area contributed by atoms with Crippen LogP contribution in [0, 0.1) is 5.41 Å². The van der Waals surface area contributed by atoms with Crippen molar-refractivity contribution in [1.82, 2.24) is 0 Å². The number of hydrogen-bond donors (Lipinski definition) is 2. The van der Waals surface area contributed by atoms with E-state index in [1.165, 1.54) is 0 Å². The van der Waals surface area contributed by atoms with Crippen molar-refractivity contribution in [1.29, 1.82) is 5.41 Å². The minimum Gasteiger partial charge on any atom is -0.479 e. The van der Waals surface area contributed by atoms with E-state index in [1.54, 1.807) is 31.2 Å². The van der Waals surface area contributed by atoms with Gasteiger partial charge in [0.15, 0.2) is 6.10 Å². The van der Waals surface area contributed by atoms with Gasteiger partial charge in [0.25, 0.3) is 0 Å². The summed E-state index contributed by atoms with van der Waals surface area (Å²) in [7, 11) is 0. The second-order valence-electron chi connectivity index (χ2n) is 2.72. The molecule has 76 valence electrons. The average molecular weight is 214 g/mol. The molecule has 1 aromatic rings. The van der Waals surface area contributed by atoms with Gasteiger partial charge in [-0.25, -0.2) is 0 Å². The standard InChI is InChI=1S/C10H12ClNO2/c1-2-14-10(12)9(13)7-5-3-4-6-8(7)11/h3-6,9,12-13H,2H2,1H3/t9-/m0/s1. The number of nitrogens with one attached hydrogen (secondary N) is 1. The third kappa shape index (κ3) is 2.47. The number of hydrogen-bond acceptors (Lipinski definition) is 3. The second kappa shape index (κ2) is 4.98. The van der Waals surface area contributed by atoms with Gasteiger partial charge in [-0.1, -0.05) is 29.8 Å². The molecule has 4 heteroatoms. The maximum absolute atomic E-state index is 9.67. The number of benzene rings is 1. The summed E-state index contributed by atoms with van der Waals surface area (Å²) in [6.07, 6.45) is -1.08. The summed E-state index contributed by atoms with van der Waals surface area (Å²) in [5.41, 5.74) is 0.493. The van der Waals surface area contributed by atoms with Crippen LogP contribution in [0.15, 0.2) is 24.3 Å². The molecule has 0 aliphatic rings. The van der Waals surface area contributed by atoms with E-state index >= 15 is 0 Å². The zero-order valence-corrected chi connectivity index (χ0v) is 8.58. The smallest absolute Gasteiger partial charge is 0.215 e. The van der Waals surface area contributed by atoms with Crippen LogP contribution < -0.4 is 0 Å². The normalized spacial score (nSPS) is 12.2. The van der Waals surface area contributed by atoms with Crippen molar-refractivity contribution in [3.8, 4) is 0 Å². The van der Waals surface area contributed by atoms with Gasteiger partial charge in [-0.2, -0.15) is 0 Å². The van der Waals surface area contributed by atoms with Crippen LogP contribution in [0.2, 0.25) is 5.02 Å². The van der Waals surface area contributed by atoms with E-state index in [0.717, 1.165) is 0 Å². The van der Waals surface area contributed by atoms with Gasteiger partial charge < -0.3 is 9.84 Å². The Bertz CT molecular complexity index is 328. The number of rotatable bonds is 3. The van der Waals surface area contributed by atoms with E-state index in [9.17, 15) is 5.11 Å². The topological polar surface area (TPSA) is 53.3 Å². The Morgan fingerprint density at radius 1 is 1.57 bits per heavy atom. The molecule has 0 aliphatic carbocycles. The summed E-state index contributed by atoms with van der Waals surface area (Å²) in [6, 6.07) is 6.85. The summed E-state index contributed by atoms with van der Waals surface area (Å²) in [5.74, 6) is -0.180. The Kier molecular flexibility index (Phi) is 3.92. The first kappa shape index (κ1) is 11.0. The van der Waals surface area contributed by atoms with Crippen LogP contribution in [0.25, 0.3) is 0 Å². The molecule has 3 nitrogen and oxygen atoms in total. The van der Waals surface area contributed by atoms with E-state index in [0.29, 0.717) is 17.2 Å². The number of ether oxygens (including phenoxy) is 1. The van der Waals surface area contributed by atoms with Gasteiger partial charge in [0, 0.05) is 10.6 Å². The maximum atomic E-state index is 9.67. The predicted octanol–water partition coefficient (Wildman–Crippen LogP) is 2.39. The van der Waals surface area contributed by atoms with Crippen LogP contribution in [0.5, 0.6) is 0 Å². The number of halogens is 1. The lowest BCUT2D eigenvalue weighted by atomic mass is 10.1. The monoisotopic (exact) mass is 213 g/mol. The lowest BCUT2D eigenvalue weighted by Crippen LogP contribution is -2.14. The van der Waals surface area contributed by atoms with Crippen molar-refractivity contribution in [2.75, 3.05) is 6.61 Å². The van der Waals surface area contributed by atoms with Crippen molar-refractivity contribution < 1.29 is 9.84 Å². The van der Waals surface area contributed by atoms with Gasteiger partial charge in [-0.3, -0.25) is 5.41 Å². The zero-order chi connectivity index (χ0) is 10.6. The first-order valence-corrected chi connectivity index (χ1v) is 4.68. The predicted molar refractivity (Wildman–Crippen MR) is 55.8 cm³/mol. The van der Waals surface area contributed by atoms with E-state index in [2.05, 4.69) is 0 Å². The first-order valence-electron chi connectivity index (χ1n) is 4.30. The molecular weight excluding hydrogens is 202 g/mol. The van der Waals surface area contributed by atoms with E-state index in [4.69, 9.17) is 21.7 Å². The van der Waals surface area contributed by atoms with Gasteiger partial charge >= 0.3 is 0 Å². The Morgan fingerprint density at radius 3 is 2.79 bits per heavy atom. The highest BCUT2D eigenvalue weighted by Gasteiger charge is 2.16. The van der Waals surface area contributed by atoms with Gasteiger partial charge in [0.05, 0.1) is 6.61 Å². The summed E-state index contributed by atoms with van der Waals surface area (Å²) in [4.78, 5) is 0. The van der Waals surface area contributed by atoms with Crippen LogP contribution in [0.1, 0.15) is 18.6 Å². The minimum absolute atomic E-state index is 0.180. The molecule has 2 N–H and O–H groups in total. The first-order chi connectivity index (χ1) is 6.66. The molecular formula is C10H12ClNO2. The average Bonchev–Trinajstić information content (AvgIpc) is 2.18. The molecule has 0 fully saturated rings. The van der Waals surface area contributed by atoms with E-state index in [1.807, 2.05) is 0 Å². The summed E-state index contributed by atoms with van der Waals surface area (Å²) < 4.78 is 4.89. The van der Waals surface area contributed by atoms with Crippen LogP contribution in [0.4, 0.5) is 0 Å². The van der Waals surface area contributed by atoms with Gasteiger partial charge in [-0.05, 0) is 13.0 Å². The Balaban J connectivity index is 2.84. The number of aliphatic hydroxyl groups is 1. The van der Waals surface area contributed by atoms with Crippen LogP contribution in [0.3, 0.4) is 0 Å². The fourth-order valence-corrected chi connectivity index (χ4v) is 1.31. The van der Waals surface area contributed by atoms with Gasteiger partial charge in [0.2, 0.25) is 5.90 Å². The van der Waals surface area contributed by atoms with Gasteiger partial charge in [0.1, 0.15) is 0 Å². The van der Waals surface area contributed by atoms with Crippen molar-refractivity contribution in [3.05, 3.63) is 34.9 Å². The molecule has 0 spiro atoms. The summed E-state index contributed by atoms with van der Waals surface area (Å²) in [6.45, 7) is 2.12. The largest absolute Gasteiger partial charge is 0.479 e. The minimum atomic E-state index is -1.08. The third-order valence-electron chi connectivity index (χ3n) is 1.75. The van der Waals surface area contributed by atoms with Crippen molar-refractivity contribution in [2.45, 2.75) is 13.0 Å². The molecule has 1 rings (SSSR count). The molecule has 0 amide bonds. The van der Waals surface area contributed by atoms with Crippen molar-refractivity contribution in [3.63, 3.8) is 0 Å². The van der Waals surface area contributed by atoms with Gasteiger partial charge in [-0.15, -0.1) is 0 Å². The zero-order valence-electron chi connectivity index (χ0n) is 7.83. The third-order valence-corrected chi connectivity index (χ3v) is 2.09. The van der Waals surface area contributed by atoms with Crippen LogP contribution in [-0.2, 0) is 4.74 Å². The molecule has 0 saturated heterocycles. The highest BCUT2D eigenvalue weighted by atomic mass is 35.5. The highest BCUT2D eigenvalue weighted by Crippen LogP contribution is 2.23. The molecule has 0 radical (unpaired) electrons. The molecule has 1 atom stereocenters. The molecule has 0 unspecified atom stereocenters. The molecule has 0 bridgehead atoms. The SMILES string of the molecule is CCOC(=N)[C@@H](O)c1ccccc1Cl. The van der Waals surface area contributed by atoms with E-state index < -0.39 is 6.10 Å². The van der Waals surface area contributed by atoms with Crippen LogP contribution >= 0.6 is 11.6 Å². The Labute approximate surface area is 87.8 Å². The Hall–Kier alpha value is -1.06.